The average molecular weight is 479 g/mol. The molecule has 1 aliphatic carbocycles. The molecule has 2 aromatic carbocycles. The SMILES string of the molecule is O=C(NC1C(=O)NC[C@H]1c1cc2c(cc1F)OCC2)NC1(c2cccc(OC(F)(F)F)c2)CC1. The van der Waals surface area contributed by atoms with Crippen LogP contribution >= 0.6 is 0 Å². The second-order valence-electron chi connectivity index (χ2n) is 8.67. The van der Waals surface area contributed by atoms with Gasteiger partial charge in [0, 0.05) is 24.9 Å². The van der Waals surface area contributed by atoms with E-state index >= 15 is 0 Å². The second kappa shape index (κ2) is 8.07. The number of halogens is 4. The van der Waals surface area contributed by atoms with Gasteiger partial charge in [-0.25, -0.2) is 9.18 Å². The molecule has 1 saturated carbocycles. The summed E-state index contributed by atoms with van der Waals surface area (Å²) in [6.45, 7) is 0.615. The Kier molecular flexibility index (Phi) is 5.29. The van der Waals surface area contributed by atoms with Crippen LogP contribution in [0.3, 0.4) is 0 Å². The predicted molar refractivity (Wildman–Crippen MR) is 111 cm³/mol. The minimum atomic E-state index is -4.83. The van der Waals surface area contributed by atoms with Crippen molar-refractivity contribution in [3.63, 3.8) is 0 Å². The number of nitrogens with one attached hydrogen (secondary N) is 3. The van der Waals surface area contributed by atoms with Gasteiger partial charge in [0.05, 0.1) is 12.1 Å². The smallest absolute Gasteiger partial charge is 0.493 e. The third kappa shape index (κ3) is 4.34. The van der Waals surface area contributed by atoms with E-state index in [0.717, 1.165) is 5.56 Å². The molecule has 5 rings (SSSR count). The lowest BCUT2D eigenvalue weighted by Gasteiger charge is -2.23. The molecule has 1 unspecified atom stereocenters. The number of ether oxygens (including phenoxy) is 2. The molecule has 2 heterocycles. The summed E-state index contributed by atoms with van der Waals surface area (Å²) < 4.78 is 61.8. The van der Waals surface area contributed by atoms with Gasteiger partial charge in [0.15, 0.2) is 0 Å². The van der Waals surface area contributed by atoms with Crippen molar-refractivity contribution in [1.82, 2.24) is 16.0 Å². The Labute approximate surface area is 191 Å². The van der Waals surface area contributed by atoms with E-state index in [9.17, 15) is 27.2 Å². The van der Waals surface area contributed by atoms with Crippen LogP contribution < -0.4 is 25.4 Å². The lowest BCUT2D eigenvalue weighted by atomic mass is 9.91. The summed E-state index contributed by atoms with van der Waals surface area (Å²) in [4.78, 5) is 25.3. The van der Waals surface area contributed by atoms with E-state index in [-0.39, 0.29) is 12.3 Å². The van der Waals surface area contributed by atoms with E-state index in [0.29, 0.717) is 42.7 Å². The first-order valence-electron chi connectivity index (χ1n) is 10.8. The third-order valence-electron chi connectivity index (χ3n) is 6.40. The van der Waals surface area contributed by atoms with E-state index in [2.05, 4.69) is 20.7 Å². The van der Waals surface area contributed by atoms with Crippen LogP contribution in [0.2, 0.25) is 0 Å². The number of rotatable bonds is 5. The Morgan fingerprint density at radius 3 is 2.74 bits per heavy atom. The van der Waals surface area contributed by atoms with Crippen molar-refractivity contribution >= 4 is 11.9 Å². The number of urea groups is 1. The molecule has 0 radical (unpaired) electrons. The number of carbonyl (C=O) groups excluding carboxylic acids is 2. The van der Waals surface area contributed by atoms with Gasteiger partial charge in [0.1, 0.15) is 23.4 Å². The first kappa shape index (κ1) is 22.3. The zero-order valence-electron chi connectivity index (χ0n) is 17.8. The lowest BCUT2D eigenvalue weighted by molar-refractivity contribution is -0.274. The number of hydrogen-bond donors (Lipinski definition) is 3. The van der Waals surface area contributed by atoms with Crippen LogP contribution in [0.5, 0.6) is 11.5 Å². The van der Waals surface area contributed by atoms with Crippen LogP contribution in [0.1, 0.15) is 35.4 Å². The molecule has 11 heteroatoms. The molecule has 2 fully saturated rings. The van der Waals surface area contributed by atoms with Gasteiger partial charge in [-0.3, -0.25) is 4.79 Å². The van der Waals surface area contributed by atoms with Gasteiger partial charge in [-0.05, 0) is 47.7 Å². The maximum Gasteiger partial charge on any atom is 0.573 e. The van der Waals surface area contributed by atoms with E-state index < -0.39 is 41.6 Å². The maximum atomic E-state index is 14.8. The Hall–Kier alpha value is -3.50. The van der Waals surface area contributed by atoms with Crippen LogP contribution in [0.25, 0.3) is 0 Å². The van der Waals surface area contributed by atoms with Crippen molar-refractivity contribution < 1.29 is 36.6 Å². The summed E-state index contributed by atoms with van der Waals surface area (Å²) in [5.41, 5.74) is 0.750. The topological polar surface area (TPSA) is 88.7 Å². The van der Waals surface area contributed by atoms with E-state index in [1.807, 2.05) is 0 Å². The van der Waals surface area contributed by atoms with E-state index in [4.69, 9.17) is 4.74 Å². The van der Waals surface area contributed by atoms with E-state index in [1.165, 1.54) is 24.3 Å². The largest absolute Gasteiger partial charge is 0.573 e. The molecule has 7 nitrogen and oxygen atoms in total. The number of alkyl halides is 3. The zero-order chi connectivity index (χ0) is 24.1. The van der Waals surface area contributed by atoms with Crippen molar-refractivity contribution in [3.8, 4) is 11.5 Å². The number of hydrogen-bond acceptors (Lipinski definition) is 4. The fourth-order valence-electron chi connectivity index (χ4n) is 4.58. The number of amides is 3. The standard InChI is InChI=1S/C23H21F4N3O4/c24-17-10-18-12(4-7-33-18)8-15(17)16-11-28-20(31)19(16)29-21(32)30-22(5-6-22)13-2-1-3-14(9-13)34-23(25,26)27/h1-3,8-10,16,19H,4-7,11H2,(H,28,31)(H2,29,30,32)/t16-,19?/m0/s1. The molecule has 3 aliphatic rings. The van der Waals surface area contributed by atoms with Gasteiger partial charge in [0.2, 0.25) is 5.91 Å². The summed E-state index contributed by atoms with van der Waals surface area (Å²) in [6.07, 6.45) is -3.18. The lowest BCUT2D eigenvalue weighted by Crippen LogP contribution is -2.50. The number of fused-ring (bicyclic) bond motifs is 1. The highest BCUT2D eigenvalue weighted by Gasteiger charge is 2.47. The summed E-state index contributed by atoms with van der Waals surface area (Å²) >= 11 is 0. The molecule has 0 aromatic heterocycles. The molecule has 1 saturated heterocycles. The number of benzene rings is 2. The van der Waals surface area contributed by atoms with Crippen LogP contribution in [0, 0.1) is 5.82 Å². The highest BCUT2D eigenvalue weighted by atomic mass is 19.4. The average Bonchev–Trinajstić information content (AvgIpc) is 3.25. The molecule has 0 spiro atoms. The minimum Gasteiger partial charge on any atom is -0.493 e. The Morgan fingerprint density at radius 1 is 1.21 bits per heavy atom. The quantitative estimate of drug-likeness (QED) is 0.575. The first-order valence-corrected chi connectivity index (χ1v) is 10.8. The number of carbonyl (C=O) groups is 2. The summed E-state index contributed by atoms with van der Waals surface area (Å²) in [6, 6.07) is 6.71. The van der Waals surface area contributed by atoms with Gasteiger partial charge < -0.3 is 25.4 Å². The first-order chi connectivity index (χ1) is 16.1. The Bertz CT molecular complexity index is 1150. The van der Waals surface area contributed by atoms with Crippen molar-refractivity contribution in [2.24, 2.45) is 0 Å². The van der Waals surface area contributed by atoms with Gasteiger partial charge in [0.25, 0.3) is 0 Å². The van der Waals surface area contributed by atoms with Gasteiger partial charge in [-0.2, -0.15) is 0 Å². The van der Waals surface area contributed by atoms with Gasteiger partial charge in [-0.15, -0.1) is 13.2 Å². The molecule has 3 amide bonds. The summed E-state index contributed by atoms with van der Waals surface area (Å²) in [5, 5.41) is 8.04. The molecule has 2 aromatic rings. The molecule has 34 heavy (non-hydrogen) atoms. The van der Waals surface area contributed by atoms with Gasteiger partial charge in [-0.1, -0.05) is 12.1 Å². The highest BCUT2D eigenvalue weighted by molar-refractivity contribution is 5.90. The fraction of sp³-hybridized carbons (Fsp3) is 0.391. The Morgan fingerprint density at radius 2 is 2.00 bits per heavy atom. The molecule has 2 atom stereocenters. The normalized spacial score (nSPS) is 22.4. The predicted octanol–water partition coefficient (Wildman–Crippen LogP) is 3.23. The van der Waals surface area contributed by atoms with Crippen molar-refractivity contribution in [1.29, 1.82) is 0 Å². The molecule has 180 valence electrons. The second-order valence-corrected chi connectivity index (χ2v) is 8.67. The van der Waals surface area contributed by atoms with Crippen LogP contribution in [-0.4, -0.2) is 37.5 Å². The van der Waals surface area contributed by atoms with E-state index in [1.54, 1.807) is 12.1 Å². The molecular formula is C23H21F4N3O4. The molecule has 3 N–H and O–H groups in total. The van der Waals surface area contributed by atoms with Crippen molar-refractivity contribution in [3.05, 3.63) is 58.9 Å². The van der Waals surface area contributed by atoms with Crippen LogP contribution in [-0.2, 0) is 16.8 Å². The Balaban J connectivity index is 1.30. The monoisotopic (exact) mass is 479 g/mol. The van der Waals surface area contributed by atoms with Crippen LogP contribution in [0.4, 0.5) is 22.4 Å². The maximum absolute atomic E-state index is 14.8. The molecule has 2 aliphatic heterocycles. The highest BCUT2D eigenvalue weighted by Crippen LogP contribution is 2.46. The molecule has 0 bridgehead atoms. The fourth-order valence-corrected chi connectivity index (χ4v) is 4.58. The summed E-state index contributed by atoms with van der Waals surface area (Å²) in [7, 11) is 0. The van der Waals surface area contributed by atoms with Crippen molar-refractivity contribution in [2.45, 2.75) is 43.1 Å². The minimum absolute atomic E-state index is 0.155. The molecular weight excluding hydrogens is 458 g/mol. The third-order valence-corrected chi connectivity index (χ3v) is 6.40. The van der Waals surface area contributed by atoms with Crippen LogP contribution in [0.15, 0.2) is 36.4 Å². The summed E-state index contributed by atoms with van der Waals surface area (Å²) in [5.74, 6) is -1.49. The zero-order valence-corrected chi connectivity index (χ0v) is 17.8. The van der Waals surface area contributed by atoms with Crippen molar-refractivity contribution in [2.75, 3.05) is 13.2 Å². The van der Waals surface area contributed by atoms with Gasteiger partial charge >= 0.3 is 12.4 Å².